The number of carbonyl (C=O) groups is 1. The first-order chi connectivity index (χ1) is 15.6. The Balaban J connectivity index is 2.01. The van der Waals surface area contributed by atoms with Gasteiger partial charge in [-0.25, -0.2) is 0 Å². The molecule has 0 saturated carbocycles. The third-order valence-electron chi connectivity index (χ3n) is 5.53. The van der Waals surface area contributed by atoms with Crippen LogP contribution >= 0.6 is 0 Å². The number of aliphatic carboxylic acids is 1. The molecule has 3 rings (SSSR count). The molecule has 0 aliphatic rings. The van der Waals surface area contributed by atoms with E-state index in [0.29, 0.717) is 13.0 Å². The number of carboxylic acid groups (broad SMARTS) is 1. The zero-order chi connectivity index (χ0) is 22.8. The van der Waals surface area contributed by atoms with Crippen LogP contribution in [0, 0.1) is 0 Å². The van der Waals surface area contributed by atoms with Crippen molar-refractivity contribution in [3.05, 3.63) is 95.6 Å². The summed E-state index contributed by atoms with van der Waals surface area (Å²) in [5.41, 5.74) is 2.16. The van der Waals surface area contributed by atoms with E-state index >= 15 is 0 Å². The van der Waals surface area contributed by atoms with E-state index in [2.05, 4.69) is 12.1 Å². The van der Waals surface area contributed by atoms with Crippen molar-refractivity contribution in [2.24, 2.45) is 0 Å². The van der Waals surface area contributed by atoms with Gasteiger partial charge in [0.05, 0.1) is 14.2 Å². The van der Waals surface area contributed by atoms with Crippen molar-refractivity contribution in [1.82, 2.24) is 0 Å². The second-order valence-corrected chi connectivity index (χ2v) is 7.56. The van der Waals surface area contributed by atoms with E-state index in [4.69, 9.17) is 19.3 Å². The van der Waals surface area contributed by atoms with Gasteiger partial charge in [0.2, 0.25) is 0 Å². The van der Waals surface area contributed by atoms with Crippen LogP contribution in [0.3, 0.4) is 0 Å². The standard InChI is InChI=1S/C27H30O5/c1-30-24-16-12-22(13-17-24)27(21-9-5-3-6-10-21,23-14-18-25(31-2)19-15-23)32-20-8-4-7-11-26(28)29/h3,5-6,9-10,12-19H,4,7-8,11,20H2,1-2H3,(H,28,29). The molecule has 0 atom stereocenters. The van der Waals surface area contributed by atoms with Gasteiger partial charge in [-0.15, -0.1) is 0 Å². The first kappa shape index (κ1) is 23.4. The number of rotatable bonds is 12. The highest BCUT2D eigenvalue weighted by Gasteiger charge is 2.37. The van der Waals surface area contributed by atoms with Crippen LogP contribution in [0.15, 0.2) is 78.9 Å². The summed E-state index contributed by atoms with van der Waals surface area (Å²) in [6.07, 6.45) is 2.39. The maximum absolute atomic E-state index is 10.8. The Hall–Kier alpha value is -3.31. The molecule has 0 fully saturated rings. The van der Waals surface area contributed by atoms with E-state index in [1.807, 2.05) is 66.7 Å². The fourth-order valence-electron chi connectivity index (χ4n) is 3.85. The smallest absolute Gasteiger partial charge is 0.303 e. The fraction of sp³-hybridized carbons (Fsp3) is 0.296. The zero-order valence-corrected chi connectivity index (χ0v) is 18.6. The van der Waals surface area contributed by atoms with Crippen molar-refractivity contribution in [1.29, 1.82) is 0 Å². The Morgan fingerprint density at radius 2 is 1.22 bits per heavy atom. The molecule has 32 heavy (non-hydrogen) atoms. The number of unbranched alkanes of at least 4 members (excludes halogenated alkanes) is 2. The number of benzene rings is 3. The predicted molar refractivity (Wildman–Crippen MR) is 124 cm³/mol. The van der Waals surface area contributed by atoms with E-state index < -0.39 is 11.6 Å². The lowest BCUT2D eigenvalue weighted by Gasteiger charge is -2.36. The van der Waals surface area contributed by atoms with Gasteiger partial charge in [0.25, 0.3) is 0 Å². The van der Waals surface area contributed by atoms with Crippen molar-refractivity contribution in [3.63, 3.8) is 0 Å². The molecule has 0 aromatic heterocycles. The van der Waals surface area contributed by atoms with Crippen molar-refractivity contribution in [2.45, 2.75) is 31.3 Å². The molecular weight excluding hydrogens is 404 g/mol. The maximum Gasteiger partial charge on any atom is 0.303 e. The van der Waals surface area contributed by atoms with E-state index in [1.165, 1.54) is 0 Å². The number of hydrogen-bond acceptors (Lipinski definition) is 4. The number of methoxy groups -OCH3 is 2. The van der Waals surface area contributed by atoms with Gasteiger partial charge in [0, 0.05) is 13.0 Å². The van der Waals surface area contributed by atoms with Crippen LogP contribution in [0.5, 0.6) is 11.5 Å². The topological polar surface area (TPSA) is 65.0 Å². The molecule has 0 aliphatic heterocycles. The Morgan fingerprint density at radius 3 is 1.69 bits per heavy atom. The lowest BCUT2D eigenvalue weighted by atomic mass is 9.80. The third-order valence-corrected chi connectivity index (χ3v) is 5.53. The predicted octanol–water partition coefficient (Wildman–Crippen LogP) is 5.66. The Labute approximate surface area is 189 Å². The lowest BCUT2D eigenvalue weighted by Crippen LogP contribution is -2.33. The SMILES string of the molecule is COc1ccc(C(OCCCCCC(=O)O)(c2ccccc2)c2ccc(OC)cc2)cc1. The van der Waals surface area contributed by atoms with Crippen molar-refractivity contribution < 1.29 is 24.1 Å². The van der Waals surface area contributed by atoms with Crippen LogP contribution in [-0.2, 0) is 15.1 Å². The summed E-state index contributed by atoms with van der Waals surface area (Å²) in [5.74, 6) is 0.791. The largest absolute Gasteiger partial charge is 0.497 e. The first-order valence-electron chi connectivity index (χ1n) is 10.8. The van der Waals surface area contributed by atoms with E-state index in [9.17, 15) is 4.79 Å². The molecule has 5 heteroatoms. The summed E-state index contributed by atoms with van der Waals surface area (Å²) >= 11 is 0. The second-order valence-electron chi connectivity index (χ2n) is 7.56. The van der Waals surface area contributed by atoms with E-state index in [-0.39, 0.29) is 6.42 Å². The molecule has 0 aliphatic carbocycles. The number of carboxylic acids is 1. The summed E-state index contributed by atoms with van der Waals surface area (Å²) < 4.78 is 17.4. The number of ether oxygens (including phenoxy) is 3. The van der Waals surface area contributed by atoms with E-state index in [0.717, 1.165) is 41.0 Å². The Morgan fingerprint density at radius 1 is 0.719 bits per heavy atom. The monoisotopic (exact) mass is 434 g/mol. The molecular formula is C27H30O5. The molecule has 168 valence electrons. The molecule has 3 aromatic carbocycles. The first-order valence-corrected chi connectivity index (χ1v) is 10.8. The minimum atomic E-state index is -0.827. The van der Waals surface area contributed by atoms with Gasteiger partial charge >= 0.3 is 5.97 Å². The van der Waals surface area contributed by atoms with Gasteiger partial charge < -0.3 is 19.3 Å². The van der Waals surface area contributed by atoms with Gasteiger partial charge in [0.15, 0.2) is 0 Å². The quantitative estimate of drug-likeness (QED) is 0.294. The van der Waals surface area contributed by atoms with Crippen molar-refractivity contribution in [2.75, 3.05) is 20.8 Å². The van der Waals surface area contributed by atoms with Crippen LogP contribution in [-0.4, -0.2) is 31.9 Å². The lowest BCUT2D eigenvalue weighted by molar-refractivity contribution is -0.137. The summed E-state index contributed by atoms with van der Waals surface area (Å²) in [6, 6.07) is 26.0. The zero-order valence-electron chi connectivity index (χ0n) is 18.6. The van der Waals surface area contributed by atoms with Crippen molar-refractivity contribution >= 4 is 5.97 Å². The van der Waals surface area contributed by atoms with Crippen LogP contribution in [0.25, 0.3) is 0 Å². The summed E-state index contributed by atoms with van der Waals surface area (Å²) in [6.45, 7) is 0.493. The van der Waals surface area contributed by atoms with Gasteiger partial charge in [-0.05, 0) is 53.8 Å². The normalized spacial score (nSPS) is 11.2. The van der Waals surface area contributed by atoms with Gasteiger partial charge in [-0.1, -0.05) is 61.0 Å². The highest BCUT2D eigenvalue weighted by Crippen LogP contribution is 2.41. The average Bonchev–Trinajstić information content (AvgIpc) is 2.84. The molecule has 5 nitrogen and oxygen atoms in total. The molecule has 1 N–H and O–H groups in total. The maximum atomic E-state index is 10.8. The molecule has 0 radical (unpaired) electrons. The van der Waals surface area contributed by atoms with Crippen LogP contribution in [0.4, 0.5) is 0 Å². The highest BCUT2D eigenvalue weighted by atomic mass is 16.5. The molecule has 3 aromatic rings. The molecule has 0 amide bonds. The minimum absolute atomic E-state index is 0.181. The third kappa shape index (κ3) is 5.48. The molecule has 0 unspecified atom stereocenters. The minimum Gasteiger partial charge on any atom is -0.497 e. The van der Waals surface area contributed by atoms with Gasteiger partial charge in [-0.2, -0.15) is 0 Å². The molecule has 0 spiro atoms. The van der Waals surface area contributed by atoms with E-state index in [1.54, 1.807) is 14.2 Å². The van der Waals surface area contributed by atoms with Crippen LogP contribution in [0.1, 0.15) is 42.4 Å². The number of hydrogen-bond donors (Lipinski definition) is 1. The molecule has 0 heterocycles. The summed E-state index contributed by atoms with van der Waals surface area (Å²) in [7, 11) is 3.30. The fourth-order valence-corrected chi connectivity index (χ4v) is 3.85. The summed E-state index contributed by atoms with van der Waals surface area (Å²) in [5, 5.41) is 8.88. The van der Waals surface area contributed by atoms with Gasteiger partial charge in [0.1, 0.15) is 17.1 Å². The molecule has 0 bridgehead atoms. The van der Waals surface area contributed by atoms with Gasteiger partial charge in [-0.3, -0.25) is 4.79 Å². The van der Waals surface area contributed by atoms with Crippen molar-refractivity contribution in [3.8, 4) is 11.5 Å². The van der Waals surface area contributed by atoms with Crippen LogP contribution in [0.2, 0.25) is 0 Å². The Kier molecular flexibility index (Phi) is 8.28. The summed E-state index contributed by atoms with van der Waals surface area (Å²) in [4.78, 5) is 10.8. The average molecular weight is 435 g/mol. The highest BCUT2D eigenvalue weighted by molar-refractivity contribution is 5.66. The Bertz CT molecular complexity index is 918. The van der Waals surface area contributed by atoms with Crippen LogP contribution < -0.4 is 9.47 Å². The molecule has 0 saturated heterocycles. The second kappa shape index (κ2) is 11.3.